The van der Waals surface area contributed by atoms with Gasteiger partial charge in [0.2, 0.25) is 0 Å². The summed E-state index contributed by atoms with van der Waals surface area (Å²) in [6, 6.07) is 3.34. The van der Waals surface area contributed by atoms with Gasteiger partial charge < -0.3 is 10.4 Å². The Labute approximate surface area is 198 Å². The van der Waals surface area contributed by atoms with E-state index in [-0.39, 0.29) is 57.0 Å². The van der Waals surface area contributed by atoms with Crippen molar-refractivity contribution in [3.8, 4) is 17.5 Å². The number of hydrogen-bond donors (Lipinski definition) is 3. The second-order valence-electron chi connectivity index (χ2n) is 9.89. The number of carboxylic acid groups (broad SMARTS) is 1. The lowest BCUT2D eigenvalue weighted by Crippen LogP contribution is -2.51. The number of H-pyrrole nitrogens is 1. The predicted molar refractivity (Wildman–Crippen MR) is 120 cm³/mol. The fourth-order valence-electron chi connectivity index (χ4n) is 6.12. The molecule has 2 bridgehead atoms. The minimum Gasteiger partial charge on any atom is -0.481 e. The number of benzene rings is 1. The van der Waals surface area contributed by atoms with E-state index in [1.165, 1.54) is 0 Å². The fraction of sp³-hybridized carbons (Fsp3) is 0.440. The van der Waals surface area contributed by atoms with E-state index < -0.39 is 35.4 Å². The number of nitrogens with zero attached hydrogens (tertiary/aromatic N) is 3. The number of carboxylic acids is 1. The van der Waals surface area contributed by atoms with E-state index in [4.69, 9.17) is 0 Å². The van der Waals surface area contributed by atoms with E-state index >= 15 is 4.39 Å². The summed E-state index contributed by atoms with van der Waals surface area (Å²) in [5.41, 5.74) is 0.228. The largest absolute Gasteiger partial charge is 0.481 e. The molecule has 7 nitrogen and oxygen atoms in total. The molecule has 180 valence electrons. The highest BCUT2D eigenvalue weighted by Gasteiger charge is 2.48. The van der Waals surface area contributed by atoms with Crippen molar-refractivity contribution < 1.29 is 23.1 Å². The van der Waals surface area contributed by atoms with Crippen molar-refractivity contribution in [1.82, 2.24) is 15.2 Å². The second-order valence-corrected chi connectivity index (χ2v) is 9.89. The first-order valence-electron chi connectivity index (χ1n) is 11.8. The van der Waals surface area contributed by atoms with Crippen LogP contribution < -0.4 is 5.32 Å². The molecule has 2 aromatic heterocycles. The number of aromatic nitrogens is 3. The van der Waals surface area contributed by atoms with E-state index in [9.17, 15) is 23.9 Å². The summed E-state index contributed by atoms with van der Waals surface area (Å²) in [4.78, 5) is 16.5. The Balaban J connectivity index is 1.52. The molecule has 7 rings (SSSR count). The smallest absolute Gasteiger partial charge is 0.308 e. The van der Waals surface area contributed by atoms with Gasteiger partial charge in [-0.1, -0.05) is 0 Å². The number of anilines is 1. The number of aliphatic carboxylic acids is 1. The Morgan fingerprint density at radius 2 is 1.83 bits per heavy atom. The molecule has 10 heteroatoms. The summed E-state index contributed by atoms with van der Waals surface area (Å²) in [5, 5.41) is 29.6. The van der Waals surface area contributed by atoms with Gasteiger partial charge in [-0.3, -0.25) is 9.89 Å². The first kappa shape index (κ1) is 21.9. The lowest BCUT2D eigenvalue weighted by molar-refractivity contribution is -0.148. The Morgan fingerprint density at radius 1 is 1.11 bits per heavy atom. The van der Waals surface area contributed by atoms with Crippen LogP contribution in [0.5, 0.6) is 0 Å². The van der Waals surface area contributed by atoms with Crippen LogP contribution in [-0.4, -0.2) is 32.3 Å². The fourth-order valence-corrected chi connectivity index (χ4v) is 6.12. The Kier molecular flexibility index (Phi) is 4.99. The molecule has 4 fully saturated rings. The first-order chi connectivity index (χ1) is 16.9. The summed E-state index contributed by atoms with van der Waals surface area (Å²) in [7, 11) is 0. The minimum absolute atomic E-state index is 0.00859. The number of halogens is 3. The molecule has 3 N–H and O–H groups in total. The third-order valence-corrected chi connectivity index (χ3v) is 7.89. The van der Waals surface area contributed by atoms with Crippen LogP contribution in [0, 0.1) is 46.5 Å². The molecule has 4 aliphatic carbocycles. The molecule has 0 spiro atoms. The SMILES string of the molecule is N#Cc1c(-c2[nH]nc3c(F)cc(F)cc23)nc(N[C@H]2C3CCC(CC3)[C@@H]2C(=O)O)c(F)c1C1CC1. The molecule has 0 unspecified atom stereocenters. The van der Waals surface area contributed by atoms with Crippen molar-refractivity contribution in [2.45, 2.75) is 50.5 Å². The van der Waals surface area contributed by atoms with E-state index in [0.717, 1.165) is 31.7 Å². The number of pyridine rings is 1. The third kappa shape index (κ3) is 3.44. The van der Waals surface area contributed by atoms with Gasteiger partial charge >= 0.3 is 5.97 Å². The number of carbonyl (C=O) groups is 1. The molecule has 0 aliphatic heterocycles. The average Bonchev–Trinajstić information content (AvgIpc) is 3.59. The summed E-state index contributed by atoms with van der Waals surface area (Å²) in [5.74, 6) is -4.16. The van der Waals surface area contributed by atoms with E-state index in [2.05, 4.69) is 20.5 Å². The van der Waals surface area contributed by atoms with E-state index in [0.29, 0.717) is 18.9 Å². The topological polar surface area (TPSA) is 115 Å². The zero-order valence-corrected chi connectivity index (χ0v) is 18.6. The van der Waals surface area contributed by atoms with Gasteiger partial charge in [0, 0.05) is 23.1 Å². The van der Waals surface area contributed by atoms with Crippen LogP contribution in [-0.2, 0) is 4.79 Å². The average molecular weight is 481 g/mol. The summed E-state index contributed by atoms with van der Waals surface area (Å²) in [6.45, 7) is 0. The minimum atomic E-state index is -0.917. The highest BCUT2D eigenvalue weighted by molar-refractivity contribution is 5.94. The molecule has 0 saturated heterocycles. The van der Waals surface area contributed by atoms with Gasteiger partial charge in [0.15, 0.2) is 17.5 Å². The second kappa shape index (κ2) is 7.97. The monoisotopic (exact) mass is 481 g/mol. The number of rotatable bonds is 5. The number of hydrogen-bond acceptors (Lipinski definition) is 5. The maximum absolute atomic E-state index is 15.8. The Hall–Kier alpha value is -3.61. The lowest BCUT2D eigenvalue weighted by Gasteiger charge is -2.47. The van der Waals surface area contributed by atoms with Crippen molar-refractivity contribution in [1.29, 1.82) is 5.26 Å². The normalized spacial score (nSPS) is 25.5. The summed E-state index contributed by atoms with van der Waals surface area (Å²) >= 11 is 0. The number of nitriles is 1. The molecule has 1 aromatic carbocycles. The number of aromatic amines is 1. The molecule has 2 heterocycles. The molecule has 35 heavy (non-hydrogen) atoms. The Morgan fingerprint density at radius 3 is 2.49 bits per heavy atom. The lowest BCUT2D eigenvalue weighted by atomic mass is 9.61. The van der Waals surface area contributed by atoms with Crippen LogP contribution >= 0.6 is 0 Å². The van der Waals surface area contributed by atoms with Gasteiger partial charge in [-0.25, -0.2) is 18.2 Å². The molecular weight excluding hydrogens is 459 g/mol. The molecule has 2 atom stereocenters. The van der Waals surface area contributed by atoms with Crippen LogP contribution in [0.15, 0.2) is 12.1 Å². The summed E-state index contributed by atoms with van der Waals surface area (Å²) < 4.78 is 44.2. The maximum Gasteiger partial charge on any atom is 0.308 e. The highest BCUT2D eigenvalue weighted by Crippen LogP contribution is 2.49. The third-order valence-electron chi connectivity index (χ3n) is 7.89. The zero-order valence-electron chi connectivity index (χ0n) is 18.6. The quantitative estimate of drug-likeness (QED) is 0.468. The van der Waals surface area contributed by atoms with Crippen molar-refractivity contribution in [2.24, 2.45) is 17.8 Å². The van der Waals surface area contributed by atoms with E-state index in [1.54, 1.807) is 0 Å². The number of fused-ring (bicyclic) bond motifs is 4. The molecular formula is C25H22F3N5O2. The van der Waals surface area contributed by atoms with Crippen LogP contribution in [0.1, 0.15) is 55.6 Å². The van der Waals surface area contributed by atoms with Gasteiger partial charge in [-0.2, -0.15) is 10.4 Å². The van der Waals surface area contributed by atoms with Crippen molar-refractivity contribution in [3.63, 3.8) is 0 Å². The number of nitrogens with one attached hydrogen (secondary N) is 2. The van der Waals surface area contributed by atoms with Crippen molar-refractivity contribution >= 4 is 22.7 Å². The highest BCUT2D eigenvalue weighted by atomic mass is 19.1. The molecule has 0 amide bonds. The molecule has 4 aliphatic rings. The Bertz CT molecular complexity index is 1400. The molecule has 3 aromatic rings. The maximum atomic E-state index is 15.8. The van der Waals surface area contributed by atoms with Crippen LogP contribution in [0.3, 0.4) is 0 Å². The van der Waals surface area contributed by atoms with Gasteiger partial charge in [0.05, 0.1) is 17.2 Å². The van der Waals surface area contributed by atoms with Crippen LogP contribution in [0.4, 0.5) is 19.0 Å². The van der Waals surface area contributed by atoms with Crippen LogP contribution in [0.2, 0.25) is 0 Å². The first-order valence-corrected chi connectivity index (χ1v) is 11.8. The zero-order chi connectivity index (χ0) is 24.4. The molecule has 4 saturated carbocycles. The van der Waals surface area contributed by atoms with Gasteiger partial charge in [0.1, 0.15) is 23.1 Å². The van der Waals surface area contributed by atoms with Crippen molar-refractivity contribution in [2.75, 3.05) is 5.32 Å². The van der Waals surface area contributed by atoms with Gasteiger partial charge in [-0.05, 0) is 62.3 Å². The van der Waals surface area contributed by atoms with Gasteiger partial charge in [0.25, 0.3) is 0 Å². The standard InChI is InChI=1S/C25H22F3N5O2/c26-13-7-14-21(16(27)8-13)32-33-23(14)22-15(9-29)17(10-1-2-10)19(28)24(31-22)30-20-12-5-3-11(4-6-12)18(20)25(34)35/h7-8,10-12,18,20H,1-6H2,(H,30,31)(H,32,33)(H,34,35)/t11?,12?,18-,20-/m0/s1. The van der Waals surface area contributed by atoms with E-state index in [1.807, 2.05) is 6.07 Å². The van der Waals surface area contributed by atoms with Crippen molar-refractivity contribution in [3.05, 3.63) is 40.7 Å². The van der Waals surface area contributed by atoms with Crippen LogP contribution in [0.25, 0.3) is 22.3 Å². The predicted octanol–water partition coefficient (Wildman–Crippen LogP) is 5.09. The van der Waals surface area contributed by atoms with Gasteiger partial charge in [-0.15, -0.1) is 0 Å². The summed E-state index contributed by atoms with van der Waals surface area (Å²) in [6.07, 6.45) is 4.78. The molecule has 0 radical (unpaired) electrons.